The number of carbonyl (C=O) groups excluding carboxylic acids is 2. The zero-order valence-corrected chi connectivity index (χ0v) is 20.4. The quantitative estimate of drug-likeness (QED) is 0.733. The average Bonchev–Trinajstić information content (AvgIpc) is 3.18. The molecule has 1 saturated heterocycles. The SMILES string of the molecule is CC(C)(C)c1cc(NC(=O)C2CCN(C(=O)CCc3ccccc3)CC2)n(C(C)(C)C)n1. The van der Waals surface area contributed by atoms with Crippen LogP contribution < -0.4 is 5.32 Å². The van der Waals surface area contributed by atoms with Gasteiger partial charge in [0.05, 0.1) is 11.2 Å². The molecule has 1 aliphatic rings. The summed E-state index contributed by atoms with van der Waals surface area (Å²) in [5.74, 6) is 0.851. The molecule has 174 valence electrons. The van der Waals surface area contributed by atoms with Crippen LogP contribution in [0.4, 0.5) is 5.82 Å². The number of rotatable bonds is 5. The van der Waals surface area contributed by atoms with Gasteiger partial charge in [0, 0.05) is 36.9 Å². The maximum Gasteiger partial charge on any atom is 0.228 e. The standard InChI is InChI=1S/C26H38N4O2/c1-25(2,3)21-18-22(30(28-21)26(4,5)6)27-24(32)20-14-16-29(17-15-20)23(31)13-12-19-10-8-7-9-11-19/h7-11,18,20H,12-17H2,1-6H3,(H,27,32). The first-order chi connectivity index (χ1) is 14.9. The van der Waals surface area contributed by atoms with E-state index in [1.54, 1.807) is 0 Å². The number of anilines is 1. The van der Waals surface area contributed by atoms with Gasteiger partial charge in [-0.1, -0.05) is 51.1 Å². The van der Waals surface area contributed by atoms with Crippen LogP contribution in [0.25, 0.3) is 0 Å². The average molecular weight is 439 g/mol. The van der Waals surface area contributed by atoms with E-state index in [0.29, 0.717) is 32.4 Å². The third-order valence-electron chi connectivity index (χ3n) is 6.05. The highest BCUT2D eigenvalue weighted by Gasteiger charge is 2.30. The Morgan fingerprint density at radius 2 is 1.66 bits per heavy atom. The van der Waals surface area contributed by atoms with E-state index in [2.05, 4.69) is 59.0 Å². The molecular formula is C26H38N4O2. The van der Waals surface area contributed by atoms with Crippen LogP contribution in [0.2, 0.25) is 0 Å². The summed E-state index contributed by atoms with van der Waals surface area (Å²) in [4.78, 5) is 27.5. The Morgan fingerprint density at radius 3 is 2.22 bits per heavy atom. The maximum absolute atomic E-state index is 13.0. The highest BCUT2D eigenvalue weighted by atomic mass is 16.2. The Hall–Kier alpha value is -2.63. The van der Waals surface area contributed by atoms with Crippen LogP contribution in [0, 0.1) is 5.92 Å². The first-order valence-corrected chi connectivity index (χ1v) is 11.7. The van der Waals surface area contributed by atoms with E-state index in [9.17, 15) is 9.59 Å². The third kappa shape index (κ3) is 5.99. The van der Waals surface area contributed by atoms with Gasteiger partial charge in [0.25, 0.3) is 0 Å². The van der Waals surface area contributed by atoms with Gasteiger partial charge in [0.2, 0.25) is 11.8 Å². The van der Waals surface area contributed by atoms with E-state index in [4.69, 9.17) is 5.10 Å². The molecule has 2 amide bonds. The van der Waals surface area contributed by atoms with Crippen molar-refractivity contribution < 1.29 is 9.59 Å². The molecule has 1 fully saturated rings. The lowest BCUT2D eigenvalue weighted by atomic mass is 9.92. The Labute approximate surface area is 192 Å². The molecule has 0 spiro atoms. The molecule has 1 N–H and O–H groups in total. The van der Waals surface area contributed by atoms with Gasteiger partial charge in [-0.15, -0.1) is 0 Å². The highest BCUT2D eigenvalue weighted by Crippen LogP contribution is 2.29. The molecule has 0 bridgehead atoms. The van der Waals surface area contributed by atoms with Gasteiger partial charge < -0.3 is 10.2 Å². The maximum atomic E-state index is 13.0. The zero-order valence-electron chi connectivity index (χ0n) is 20.4. The number of nitrogens with one attached hydrogen (secondary N) is 1. The minimum Gasteiger partial charge on any atom is -0.343 e. The van der Waals surface area contributed by atoms with Crippen LogP contribution in [-0.4, -0.2) is 39.6 Å². The van der Waals surface area contributed by atoms with Crippen molar-refractivity contribution in [2.24, 2.45) is 5.92 Å². The second-order valence-corrected chi connectivity index (χ2v) is 10.9. The Bertz CT molecular complexity index is 927. The fraction of sp³-hybridized carbons (Fsp3) is 0.577. The van der Waals surface area contributed by atoms with E-state index < -0.39 is 0 Å². The van der Waals surface area contributed by atoms with Gasteiger partial charge in [-0.3, -0.25) is 9.59 Å². The lowest BCUT2D eigenvalue weighted by Crippen LogP contribution is -2.41. The van der Waals surface area contributed by atoms with E-state index in [1.165, 1.54) is 5.56 Å². The van der Waals surface area contributed by atoms with Crippen LogP contribution in [0.5, 0.6) is 0 Å². The molecule has 0 saturated carbocycles. The van der Waals surface area contributed by atoms with E-state index in [-0.39, 0.29) is 28.7 Å². The Balaban J connectivity index is 1.57. The van der Waals surface area contributed by atoms with Gasteiger partial charge in [-0.2, -0.15) is 5.10 Å². The van der Waals surface area contributed by atoms with Crippen LogP contribution in [0.15, 0.2) is 36.4 Å². The second-order valence-electron chi connectivity index (χ2n) is 10.9. The number of nitrogens with zero attached hydrogens (tertiary/aromatic N) is 3. The first kappa shape index (κ1) is 24.0. The van der Waals surface area contributed by atoms with Gasteiger partial charge in [-0.25, -0.2) is 4.68 Å². The fourth-order valence-corrected chi connectivity index (χ4v) is 4.02. The Kier molecular flexibility index (Phi) is 7.11. The van der Waals surface area contributed by atoms with Crippen LogP contribution in [0.3, 0.4) is 0 Å². The first-order valence-electron chi connectivity index (χ1n) is 11.7. The van der Waals surface area contributed by atoms with Crippen molar-refractivity contribution in [1.82, 2.24) is 14.7 Å². The smallest absolute Gasteiger partial charge is 0.228 e. The lowest BCUT2D eigenvalue weighted by molar-refractivity contribution is -0.134. The van der Waals surface area contributed by atoms with Gasteiger partial charge in [0.1, 0.15) is 5.82 Å². The molecule has 1 aromatic carbocycles. The molecule has 1 aliphatic heterocycles. The Morgan fingerprint density at radius 1 is 1.03 bits per heavy atom. The van der Waals surface area contributed by atoms with Crippen molar-refractivity contribution in [2.75, 3.05) is 18.4 Å². The number of carbonyl (C=O) groups is 2. The van der Waals surface area contributed by atoms with Crippen molar-refractivity contribution in [1.29, 1.82) is 0 Å². The van der Waals surface area contributed by atoms with Crippen molar-refractivity contribution in [3.8, 4) is 0 Å². The molecule has 0 aliphatic carbocycles. The highest BCUT2D eigenvalue weighted by molar-refractivity contribution is 5.92. The molecule has 0 unspecified atom stereocenters. The van der Waals surface area contributed by atoms with Crippen LogP contribution in [-0.2, 0) is 27.0 Å². The van der Waals surface area contributed by atoms with Gasteiger partial charge in [-0.05, 0) is 45.6 Å². The number of piperidine rings is 1. The number of benzene rings is 1. The predicted molar refractivity (Wildman–Crippen MR) is 129 cm³/mol. The monoisotopic (exact) mass is 438 g/mol. The fourth-order valence-electron chi connectivity index (χ4n) is 4.02. The van der Waals surface area contributed by atoms with Gasteiger partial charge in [0.15, 0.2) is 0 Å². The number of amides is 2. The third-order valence-corrected chi connectivity index (χ3v) is 6.05. The van der Waals surface area contributed by atoms with Crippen molar-refractivity contribution >= 4 is 17.6 Å². The number of aromatic nitrogens is 2. The van der Waals surface area contributed by atoms with E-state index in [0.717, 1.165) is 17.9 Å². The molecule has 6 heteroatoms. The van der Waals surface area contributed by atoms with Gasteiger partial charge >= 0.3 is 0 Å². The topological polar surface area (TPSA) is 67.2 Å². The number of likely N-dealkylation sites (tertiary alicyclic amines) is 1. The summed E-state index contributed by atoms with van der Waals surface area (Å²) in [6.45, 7) is 13.9. The lowest BCUT2D eigenvalue weighted by Gasteiger charge is -2.31. The summed E-state index contributed by atoms with van der Waals surface area (Å²) in [6.07, 6.45) is 2.66. The number of hydrogen-bond acceptors (Lipinski definition) is 3. The number of hydrogen-bond donors (Lipinski definition) is 1. The molecule has 0 atom stereocenters. The molecule has 2 aromatic rings. The summed E-state index contributed by atoms with van der Waals surface area (Å²) in [5, 5.41) is 7.91. The molecule has 2 heterocycles. The number of aryl methyl sites for hydroxylation is 1. The molecular weight excluding hydrogens is 400 g/mol. The normalized spacial score (nSPS) is 15.6. The predicted octanol–water partition coefficient (Wildman–Crippen LogP) is 4.75. The van der Waals surface area contributed by atoms with Crippen molar-refractivity contribution in [2.45, 2.75) is 78.2 Å². The van der Waals surface area contributed by atoms with Crippen LogP contribution in [0.1, 0.15) is 72.1 Å². The zero-order chi connectivity index (χ0) is 23.5. The summed E-state index contributed by atoms with van der Waals surface area (Å²) in [6, 6.07) is 12.1. The molecule has 1 aromatic heterocycles. The molecule has 3 rings (SSSR count). The molecule has 6 nitrogen and oxygen atoms in total. The van der Waals surface area contributed by atoms with E-state index in [1.807, 2.05) is 33.8 Å². The van der Waals surface area contributed by atoms with Crippen LogP contribution >= 0.6 is 0 Å². The van der Waals surface area contributed by atoms with Crippen molar-refractivity contribution in [3.63, 3.8) is 0 Å². The second kappa shape index (κ2) is 9.47. The summed E-state index contributed by atoms with van der Waals surface area (Å²) in [5.41, 5.74) is 1.81. The summed E-state index contributed by atoms with van der Waals surface area (Å²) >= 11 is 0. The summed E-state index contributed by atoms with van der Waals surface area (Å²) < 4.78 is 1.91. The molecule has 32 heavy (non-hydrogen) atoms. The summed E-state index contributed by atoms with van der Waals surface area (Å²) in [7, 11) is 0. The largest absolute Gasteiger partial charge is 0.343 e. The minimum atomic E-state index is -0.235. The van der Waals surface area contributed by atoms with E-state index >= 15 is 0 Å². The van der Waals surface area contributed by atoms with Crippen molar-refractivity contribution in [3.05, 3.63) is 47.7 Å². The minimum absolute atomic E-state index is 0.0206. The molecule has 0 radical (unpaired) electrons.